The average molecular weight is 408 g/mol. The highest BCUT2D eigenvalue weighted by Gasteiger charge is 2.37. The molecule has 6 heteroatoms. The number of carbonyl (C=O) groups excluding carboxylic acids is 1. The molecular formula is C24H33N5O. The summed E-state index contributed by atoms with van der Waals surface area (Å²) in [5.41, 5.74) is 2.55. The molecule has 2 aromatic rings. The van der Waals surface area contributed by atoms with Crippen molar-refractivity contribution in [2.45, 2.75) is 51.2 Å². The van der Waals surface area contributed by atoms with Gasteiger partial charge in [-0.1, -0.05) is 12.8 Å². The van der Waals surface area contributed by atoms with Crippen LogP contribution in [0.25, 0.3) is 0 Å². The molecule has 4 heterocycles. The maximum absolute atomic E-state index is 13.1. The molecule has 0 bridgehead atoms. The number of nitrogens with zero attached hydrogens (tertiary/aromatic N) is 4. The molecule has 6 nitrogen and oxygen atoms in total. The molecule has 2 atom stereocenters. The Morgan fingerprint density at radius 2 is 1.53 bits per heavy atom. The summed E-state index contributed by atoms with van der Waals surface area (Å²) in [5, 5.41) is 3.23. The Bertz CT molecular complexity index is 785. The number of pyridine rings is 2. The Kier molecular flexibility index (Phi) is 7.43. The van der Waals surface area contributed by atoms with Crippen LogP contribution in [-0.2, 0) is 17.9 Å². The third-order valence-corrected chi connectivity index (χ3v) is 6.43. The SMILES string of the molecule is O=C1NCCCCCCN(Cc2ccncc2)[C@@H]2CN(Cc3ccncc3)CC[C@H]12. The highest BCUT2D eigenvalue weighted by Crippen LogP contribution is 2.26. The van der Waals surface area contributed by atoms with Crippen molar-refractivity contribution < 1.29 is 4.79 Å². The molecular weight excluding hydrogens is 374 g/mol. The van der Waals surface area contributed by atoms with E-state index in [-0.39, 0.29) is 17.9 Å². The zero-order valence-electron chi connectivity index (χ0n) is 17.7. The van der Waals surface area contributed by atoms with Gasteiger partial charge in [-0.3, -0.25) is 24.6 Å². The zero-order chi connectivity index (χ0) is 20.6. The molecule has 0 aromatic carbocycles. The fourth-order valence-corrected chi connectivity index (χ4v) is 4.78. The van der Waals surface area contributed by atoms with Crippen LogP contribution in [0.15, 0.2) is 49.1 Å². The fourth-order valence-electron chi connectivity index (χ4n) is 4.78. The molecule has 0 aliphatic carbocycles. The van der Waals surface area contributed by atoms with Gasteiger partial charge in [0.2, 0.25) is 5.91 Å². The van der Waals surface area contributed by atoms with Crippen molar-refractivity contribution in [3.63, 3.8) is 0 Å². The molecule has 2 aliphatic heterocycles. The van der Waals surface area contributed by atoms with E-state index in [4.69, 9.17) is 0 Å². The van der Waals surface area contributed by atoms with Gasteiger partial charge < -0.3 is 5.32 Å². The maximum atomic E-state index is 13.1. The molecule has 30 heavy (non-hydrogen) atoms. The molecule has 0 radical (unpaired) electrons. The van der Waals surface area contributed by atoms with Crippen molar-refractivity contribution in [1.82, 2.24) is 25.1 Å². The van der Waals surface area contributed by atoms with Crippen molar-refractivity contribution in [1.29, 1.82) is 0 Å². The summed E-state index contributed by atoms with van der Waals surface area (Å²) in [6.45, 7) is 5.52. The summed E-state index contributed by atoms with van der Waals surface area (Å²) in [5.74, 6) is 0.295. The lowest BCUT2D eigenvalue weighted by molar-refractivity contribution is -0.129. The Labute approximate surface area is 179 Å². The summed E-state index contributed by atoms with van der Waals surface area (Å²) in [6, 6.07) is 8.60. The van der Waals surface area contributed by atoms with E-state index < -0.39 is 0 Å². The second-order valence-corrected chi connectivity index (χ2v) is 8.58. The van der Waals surface area contributed by atoms with Gasteiger partial charge in [-0.15, -0.1) is 0 Å². The van der Waals surface area contributed by atoms with Crippen LogP contribution in [-0.4, -0.2) is 57.9 Å². The molecule has 160 valence electrons. The summed E-state index contributed by atoms with van der Waals surface area (Å²) >= 11 is 0. The highest BCUT2D eigenvalue weighted by atomic mass is 16.1. The summed E-state index contributed by atoms with van der Waals surface area (Å²) < 4.78 is 0. The van der Waals surface area contributed by atoms with Crippen molar-refractivity contribution in [2.75, 3.05) is 26.2 Å². The van der Waals surface area contributed by atoms with Gasteiger partial charge in [-0.2, -0.15) is 0 Å². The first-order valence-electron chi connectivity index (χ1n) is 11.3. The lowest BCUT2D eigenvalue weighted by Gasteiger charge is -2.43. The molecule has 0 spiro atoms. The van der Waals surface area contributed by atoms with Crippen LogP contribution >= 0.6 is 0 Å². The summed E-state index contributed by atoms with van der Waals surface area (Å²) in [7, 11) is 0. The molecule has 4 rings (SSSR count). The van der Waals surface area contributed by atoms with E-state index in [0.717, 1.165) is 52.1 Å². The van der Waals surface area contributed by atoms with Crippen molar-refractivity contribution in [3.8, 4) is 0 Å². The van der Waals surface area contributed by atoms with Gasteiger partial charge in [0.25, 0.3) is 0 Å². The van der Waals surface area contributed by atoms with Gasteiger partial charge in [0.1, 0.15) is 0 Å². The van der Waals surface area contributed by atoms with Crippen molar-refractivity contribution >= 4 is 5.91 Å². The number of carbonyl (C=O) groups is 1. The Morgan fingerprint density at radius 1 is 0.867 bits per heavy atom. The van der Waals surface area contributed by atoms with Gasteiger partial charge in [0.15, 0.2) is 0 Å². The second kappa shape index (κ2) is 10.6. The van der Waals surface area contributed by atoms with Gasteiger partial charge >= 0.3 is 0 Å². The topological polar surface area (TPSA) is 61.4 Å². The highest BCUT2D eigenvalue weighted by molar-refractivity contribution is 5.79. The molecule has 2 fully saturated rings. The van der Waals surface area contributed by atoms with E-state index in [9.17, 15) is 4.79 Å². The number of aromatic nitrogens is 2. The average Bonchev–Trinajstić information content (AvgIpc) is 2.81. The van der Waals surface area contributed by atoms with Crippen LogP contribution in [0.2, 0.25) is 0 Å². The Hall–Kier alpha value is -2.31. The minimum Gasteiger partial charge on any atom is -0.356 e. The predicted octanol–water partition coefficient (Wildman–Crippen LogP) is 2.86. The first kappa shape index (κ1) is 20.9. The van der Waals surface area contributed by atoms with Crippen LogP contribution in [0, 0.1) is 5.92 Å². The van der Waals surface area contributed by atoms with Gasteiger partial charge in [0, 0.05) is 57.0 Å². The van der Waals surface area contributed by atoms with E-state index in [1.807, 2.05) is 24.8 Å². The van der Waals surface area contributed by atoms with E-state index >= 15 is 0 Å². The first-order chi connectivity index (χ1) is 14.8. The monoisotopic (exact) mass is 407 g/mol. The van der Waals surface area contributed by atoms with E-state index in [2.05, 4.69) is 49.4 Å². The van der Waals surface area contributed by atoms with Crippen molar-refractivity contribution in [2.24, 2.45) is 5.92 Å². The number of amides is 1. The second-order valence-electron chi connectivity index (χ2n) is 8.58. The quantitative estimate of drug-likeness (QED) is 0.845. The van der Waals surface area contributed by atoms with E-state index in [1.54, 1.807) is 0 Å². The molecule has 1 N–H and O–H groups in total. The van der Waals surface area contributed by atoms with Crippen LogP contribution in [0.1, 0.15) is 43.2 Å². The Balaban J connectivity index is 1.54. The van der Waals surface area contributed by atoms with Gasteiger partial charge in [-0.05, 0) is 67.7 Å². The lowest BCUT2D eigenvalue weighted by atomic mass is 9.88. The van der Waals surface area contributed by atoms with Gasteiger partial charge in [0.05, 0.1) is 5.92 Å². The Morgan fingerprint density at radius 3 is 2.27 bits per heavy atom. The largest absolute Gasteiger partial charge is 0.356 e. The van der Waals surface area contributed by atoms with Crippen LogP contribution in [0.3, 0.4) is 0 Å². The molecule has 0 unspecified atom stereocenters. The zero-order valence-corrected chi connectivity index (χ0v) is 17.7. The smallest absolute Gasteiger partial charge is 0.224 e. The molecule has 0 saturated carbocycles. The molecule has 2 saturated heterocycles. The first-order valence-corrected chi connectivity index (χ1v) is 11.3. The van der Waals surface area contributed by atoms with Gasteiger partial charge in [-0.25, -0.2) is 0 Å². The van der Waals surface area contributed by atoms with E-state index in [1.165, 1.54) is 30.4 Å². The third-order valence-electron chi connectivity index (χ3n) is 6.43. The summed E-state index contributed by atoms with van der Waals surface area (Å²) in [4.78, 5) is 26.4. The van der Waals surface area contributed by atoms with E-state index in [0.29, 0.717) is 0 Å². The van der Waals surface area contributed by atoms with Crippen LogP contribution in [0.5, 0.6) is 0 Å². The number of rotatable bonds is 4. The fraction of sp³-hybridized carbons (Fsp3) is 0.542. The van der Waals surface area contributed by atoms with Crippen LogP contribution in [0.4, 0.5) is 0 Å². The normalized spacial score (nSPS) is 24.5. The molecule has 1 amide bonds. The van der Waals surface area contributed by atoms with Crippen LogP contribution < -0.4 is 5.32 Å². The van der Waals surface area contributed by atoms with Crippen molar-refractivity contribution in [3.05, 3.63) is 60.2 Å². The minimum atomic E-state index is 0.0543. The number of hydrogen-bond donors (Lipinski definition) is 1. The third kappa shape index (κ3) is 5.64. The molecule has 2 aromatic heterocycles. The number of fused-ring (bicyclic) bond motifs is 1. The number of likely N-dealkylation sites (tertiary alicyclic amines) is 1. The maximum Gasteiger partial charge on any atom is 0.224 e. The summed E-state index contributed by atoms with van der Waals surface area (Å²) in [6.07, 6.45) is 13.0. The number of nitrogens with one attached hydrogen (secondary N) is 1. The minimum absolute atomic E-state index is 0.0543. The molecule has 2 aliphatic rings. The number of piperidine rings is 1. The lowest BCUT2D eigenvalue weighted by Crippen LogP contribution is -2.56. The number of hydrogen-bond acceptors (Lipinski definition) is 5. The predicted molar refractivity (Wildman–Crippen MR) is 118 cm³/mol. The standard InChI is InChI=1S/C24H33N5O/c30-24-22-9-16-28(17-20-5-11-25-12-6-20)19-23(22)29(15-4-2-1-3-10-27-24)18-21-7-13-26-14-8-21/h5-8,11-14,22-23H,1-4,9-10,15-19H2,(H,27,30)/t22-,23+/m0/s1.